The Morgan fingerprint density at radius 3 is 2.79 bits per heavy atom. The quantitative estimate of drug-likeness (QED) is 0.782. The number of likely N-dealkylation sites (N-methyl/N-ethyl adjacent to an activating group) is 1. The van der Waals surface area contributed by atoms with Crippen molar-refractivity contribution < 1.29 is 14.6 Å². The SMILES string of the molecule is CCOc1cc(CNCC(=O)N(C)CC)ccc1O. The zero-order valence-corrected chi connectivity index (χ0v) is 11.8. The lowest BCUT2D eigenvalue weighted by Crippen LogP contribution is -2.35. The molecular weight excluding hydrogens is 244 g/mol. The third-order valence-corrected chi connectivity index (χ3v) is 2.83. The summed E-state index contributed by atoms with van der Waals surface area (Å²) in [6, 6.07) is 5.18. The van der Waals surface area contributed by atoms with Gasteiger partial charge < -0.3 is 20.1 Å². The second kappa shape index (κ2) is 7.63. The average Bonchev–Trinajstić information content (AvgIpc) is 2.41. The molecule has 0 fully saturated rings. The molecule has 19 heavy (non-hydrogen) atoms. The van der Waals surface area contributed by atoms with Crippen molar-refractivity contribution in [2.24, 2.45) is 0 Å². The van der Waals surface area contributed by atoms with Crippen LogP contribution in [0.25, 0.3) is 0 Å². The van der Waals surface area contributed by atoms with Crippen LogP contribution < -0.4 is 10.1 Å². The number of nitrogens with zero attached hydrogens (tertiary/aromatic N) is 1. The molecule has 0 aliphatic heterocycles. The van der Waals surface area contributed by atoms with Gasteiger partial charge in [-0.1, -0.05) is 6.07 Å². The first-order valence-electron chi connectivity index (χ1n) is 6.47. The minimum atomic E-state index is 0.0614. The van der Waals surface area contributed by atoms with Gasteiger partial charge in [-0.05, 0) is 31.5 Å². The van der Waals surface area contributed by atoms with Crippen molar-refractivity contribution in [1.82, 2.24) is 10.2 Å². The predicted molar refractivity (Wildman–Crippen MR) is 74.3 cm³/mol. The minimum absolute atomic E-state index is 0.0614. The highest BCUT2D eigenvalue weighted by Gasteiger charge is 2.07. The summed E-state index contributed by atoms with van der Waals surface area (Å²) in [6.45, 7) is 5.87. The Labute approximate surface area is 114 Å². The fourth-order valence-corrected chi connectivity index (χ4v) is 1.56. The molecule has 0 aliphatic carbocycles. The maximum Gasteiger partial charge on any atom is 0.236 e. The normalized spacial score (nSPS) is 10.3. The standard InChI is InChI=1S/C14H22N2O3/c1-4-16(3)14(18)10-15-9-11-6-7-12(17)13(8-11)19-5-2/h6-8,15,17H,4-5,9-10H2,1-3H3. The number of hydrogen-bond donors (Lipinski definition) is 2. The molecule has 0 spiro atoms. The molecule has 106 valence electrons. The fraction of sp³-hybridized carbons (Fsp3) is 0.500. The van der Waals surface area contributed by atoms with E-state index in [1.54, 1.807) is 30.1 Å². The summed E-state index contributed by atoms with van der Waals surface area (Å²) in [6.07, 6.45) is 0. The van der Waals surface area contributed by atoms with Gasteiger partial charge in [0.25, 0.3) is 0 Å². The Bertz CT molecular complexity index is 421. The van der Waals surface area contributed by atoms with Gasteiger partial charge in [-0.3, -0.25) is 4.79 Å². The highest BCUT2D eigenvalue weighted by atomic mass is 16.5. The molecule has 0 unspecified atom stereocenters. The van der Waals surface area contributed by atoms with Crippen molar-refractivity contribution >= 4 is 5.91 Å². The molecule has 1 aromatic carbocycles. The van der Waals surface area contributed by atoms with E-state index in [2.05, 4.69) is 5.32 Å². The first kappa shape index (κ1) is 15.3. The van der Waals surface area contributed by atoms with Gasteiger partial charge in [0.05, 0.1) is 13.2 Å². The van der Waals surface area contributed by atoms with Crippen LogP contribution in [0.3, 0.4) is 0 Å². The molecule has 0 bridgehead atoms. The summed E-state index contributed by atoms with van der Waals surface area (Å²) in [5.41, 5.74) is 0.966. The van der Waals surface area contributed by atoms with E-state index < -0.39 is 0 Å². The second-order valence-corrected chi connectivity index (χ2v) is 4.25. The van der Waals surface area contributed by atoms with Gasteiger partial charge in [-0.25, -0.2) is 0 Å². The molecule has 0 atom stereocenters. The van der Waals surface area contributed by atoms with Crippen LogP contribution >= 0.6 is 0 Å². The summed E-state index contributed by atoms with van der Waals surface area (Å²) in [5, 5.41) is 12.7. The Kier molecular flexibility index (Phi) is 6.15. The van der Waals surface area contributed by atoms with Crippen molar-refractivity contribution in [3.05, 3.63) is 23.8 Å². The molecule has 5 heteroatoms. The summed E-state index contributed by atoms with van der Waals surface area (Å²) in [7, 11) is 1.78. The van der Waals surface area contributed by atoms with Gasteiger partial charge in [0.1, 0.15) is 0 Å². The molecule has 1 amide bonds. The summed E-state index contributed by atoms with van der Waals surface area (Å²) in [5.74, 6) is 0.664. The van der Waals surface area contributed by atoms with Gasteiger partial charge in [-0.15, -0.1) is 0 Å². The highest BCUT2D eigenvalue weighted by molar-refractivity contribution is 5.77. The Morgan fingerprint density at radius 1 is 1.42 bits per heavy atom. The van der Waals surface area contributed by atoms with Crippen LogP contribution in [0.1, 0.15) is 19.4 Å². The Balaban J connectivity index is 2.49. The number of amides is 1. The lowest BCUT2D eigenvalue weighted by molar-refractivity contribution is -0.128. The van der Waals surface area contributed by atoms with Gasteiger partial charge >= 0.3 is 0 Å². The van der Waals surface area contributed by atoms with Crippen LogP contribution in [0.4, 0.5) is 0 Å². The maximum absolute atomic E-state index is 11.6. The van der Waals surface area contributed by atoms with E-state index in [4.69, 9.17) is 4.74 Å². The van der Waals surface area contributed by atoms with Crippen molar-refractivity contribution in [2.45, 2.75) is 20.4 Å². The lowest BCUT2D eigenvalue weighted by atomic mass is 10.2. The van der Waals surface area contributed by atoms with Gasteiger partial charge in [-0.2, -0.15) is 0 Å². The molecule has 1 aromatic rings. The van der Waals surface area contributed by atoms with Crippen LogP contribution in [0.15, 0.2) is 18.2 Å². The number of hydrogen-bond acceptors (Lipinski definition) is 4. The van der Waals surface area contributed by atoms with E-state index in [0.29, 0.717) is 32.0 Å². The first-order chi connectivity index (χ1) is 9.08. The first-order valence-corrected chi connectivity index (χ1v) is 6.47. The predicted octanol–water partition coefficient (Wildman–Crippen LogP) is 1.36. The maximum atomic E-state index is 11.6. The largest absolute Gasteiger partial charge is 0.504 e. The third-order valence-electron chi connectivity index (χ3n) is 2.83. The smallest absolute Gasteiger partial charge is 0.236 e. The summed E-state index contributed by atoms with van der Waals surface area (Å²) >= 11 is 0. The van der Waals surface area contributed by atoms with Crippen molar-refractivity contribution in [3.63, 3.8) is 0 Å². The van der Waals surface area contributed by atoms with E-state index >= 15 is 0 Å². The number of ether oxygens (including phenoxy) is 1. The van der Waals surface area contributed by atoms with Crippen LogP contribution in [0.5, 0.6) is 11.5 Å². The molecule has 0 saturated heterocycles. The number of rotatable bonds is 7. The van der Waals surface area contributed by atoms with Gasteiger partial charge in [0, 0.05) is 20.1 Å². The molecule has 1 rings (SSSR count). The summed E-state index contributed by atoms with van der Waals surface area (Å²) < 4.78 is 5.31. The number of aromatic hydroxyl groups is 1. The Morgan fingerprint density at radius 2 is 2.16 bits per heavy atom. The monoisotopic (exact) mass is 266 g/mol. The molecule has 0 heterocycles. The number of phenols is 1. The zero-order chi connectivity index (χ0) is 14.3. The van der Waals surface area contributed by atoms with Crippen LogP contribution in [0, 0.1) is 0 Å². The zero-order valence-electron chi connectivity index (χ0n) is 11.8. The molecule has 0 radical (unpaired) electrons. The van der Waals surface area contributed by atoms with Crippen molar-refractivity contribution in [2.75, 3.05) is 26.7 Å². The second-order valence-electron chi connectivity index (χ2n) is 4.25. The van der Waals surface area contributed by atoms with E-state index in [-0.39, 0.29) is 11.7 Å². The lowest BCUT2D eigenvalue weighted by Gasteiger charge is -2.15. The van der Waals surface area contributed by atoms with Gasteiger partial charge in [0.2, 0.25) is 5.91 Å². The van der Waals surface area contributed by atoms with Crippen LogP contribution in [-0.4, -0.2) is 42.7 Å². The van der Waals surface area contributed by atoms with E-state index in [0.717, 1.165) is 5.56 Å². The Hall–Kier alpha value is -1.75. The molecule has 5 nitrogen and oxygen atoms in total. The fourth-order valence-electron chi connectivity index (χ4n) is 1.56. The van der Waals surface area contributed by atoms with E-state index in [1.165, 1.54) is 0 Å². The van der Waals surface area contributed by atoms with Crippen LogP contribution in [-0.2, 0) is 11.3 Å². The molecule has 0 aliphatic rings. The van der Waals surface area contributed by atoms with E-state index in [1.807, 2.05) is 13.8 Å². The minimum Gasteiger partial charge on any atom is -0.504 e. The molecule has 2 N–H and O–H groups in total. The van der Waals surface area contributed by atoms with Crippen molar-refractivity contribution in [3.8, 4) is 11.5 Å². The van der Waals surface area contributed by atoms with E-state index in [9.17, 15) is 9.90 Å². The van der Waals surface area contributed by atoms with Crippen molar-refractivity contribution in [1.29, 1.82) is 0 Å². The molecule has 0 saturated carbocycles. The van der Waals surface area contributed by atoms with Gasteiger partial charge in [0.15, 0.2) is 11.5 Å². The average molecular weight is 266 g/mol. The number of phenolic OH excluding ortho intramolecular Hbond substituents is 1. The summed E-state index contributed by atoms with van der Waals surface area (Å²) in [4.78, 5) is 13.2. The third kappa shape index (κ3) is 4.79. The number of benzene rings is 1. The number of carbonyl (C=O) groups excluding carboxylic acids is 1. The topological polar surface area (TPSA) is 61.8 Å². The molecule has 0 aromatic heterocycles. The highest BCUT2D eigenvalue weighted by Crippen LogP contribution is 2.26. The number of carbonyl (C=O) groups is 1. The molecular formula is C14H22N2O3. The van der Waals surface area contributed by atoms with Crippen LogP contribution in [0.2, 0.25) is 0 Å². The number of nitrogens with one attached hydrogen (secondary N) is 1.